The summed E-state index contributed by atoms with van der Waals surface area (Å²) in [5.41, 5.74) is 2.08. The summed E-state index contributed by atoms with van der Waals surface area (Å²) in [5.74, 6) is 1.32. The highest BCUT2D eigenvalue weighted by atomic mass is 16.5. The van der Waals surface area contributed by atoms with Crippen LogP contribution in [0.3, 0.4) is 0 Å². The summed E-state index contributed by atoms with van der Waals surface area (Å²) < 4.78 is 11.4. The first-order valence-electron chi connectivity index (χ1n) is 12.7. The Labute approximate surface area is 208 Å². The Kier molecular flexibility index (Phi) is 9.34. The van der Waals surface area contributed by atoms with Gasteiger partial charge in [-0.3, -0.25) is 19.6 Å². The predicted molar refractivity (Wildman–Crippen MR) is 134 cm³/mol. The van der Waals surface area contributed by atoms with Crippen molar-refractivity contribution in [1.29, 1.82) is 0 Å². The average Bonchev–Trinajstić information content (AvgIpc) is 2.88. The number of carbonyl (C=O) groups is 1. The highest BCUT2D eigenvalue weighted by Gasteiger charge is 2.32. The molecule has 1 aromatic heterocycles. The number of rotatable bonds is 10. The molecule has 2 atom stereocenters. The first kappa shape index (κ1) is 25.4. The van der Waals surface area contributed by atoms with Crippen molar-refractivity contribution < 1.29 is 19.4 Å². The molecule has 0 radical (unpaired) electrons. The third kappa shape index (κ3) is 8.19. The normalized spacial score (nSPS) is 21.5. The van der Waals surface area contributed by atoms with Crippen molar-refractivity contribution in [2.24, 2.45) is 11.8 Å². The number of hydrogen-bond donors (Lipinski definition) is 2. The first-order valence-corrected chi connectivity index (χ1v) is 12.7. The Balaban J connectivity index is 1.31. The first-order chi connectivity index (χ1) is 17.0. The maximum Gasteiger partial charge on any atom is 0.224 e. The van der Waals surface area contributed by atoms with E-state index in [1.807, 2.05) is 31.2 Å². The van der Waals surface area contributed by atoms with Crippen LogP contribution in [-0.4, -0.2) is 84.9 Å². The van der Waals surface area contributed by atoms with Gasteiger partial charge in [0.25, 0.3) is 0 Å². The molecule has 0 unspecified atom stereocenters. The fraction of sp³-hybridized carbons (Fsp3) is 0.556. The van der Waals surface area contributed by atoms with Crippen LogP contribution in [0.1, 0.15) is 24.1 Å². The van der Waals surface area contributed by atoms with Crippen LogP contribution in [0.4, 0.5) is 0 Å². The van der Waals surface area contributed by atoms with Gasteiger partial charge in [-0.05, 0) is 56.1 Å². The zero-order chi connectivity index (χ0) is 24.5. The molecule has 2 N–H and O–H groups in total. The maximum absolute atomic E-state index is 13.1. The number of aryl methyl sites for hydroxylation is 1. The third-order valence-electron chi connectivity index (χ3n) is 6.75. The van der Waals surface area contributed by atoms with E-state index in [9.17, 15) is 9.90 Å². The number of nitrogens with zero attached hydrogens (tertiary/aromatic N) is 3. The van der Waals surface area contributed by atoms with Gasteiger partial charge in [-0.2, -0.15) is 0 Å². The lowest BCUT2D eigenvalue weighted by atomic mass is 9.88. The van der Waals surface area contributed by atoms with Crippen LogP contribution in [0.15, 0.2) is 42.6 Å². The van der Waals surface area contributed by atoms with E-state index in [0.29, 0.717) is 13.2 Å². The molecule has 4 rings (SSSR count). The third-order valence-corrected chi connectivity index (χ3v) is 6.75. The van der Waals surface area contributed by atoms with Crippen molar-refractivity contribution in [3.8, 4) is 11.5 Å². The van der Waals surface area contributed by atoms with Crippen LogP contribution >= 0.6 is 0 Å². The van der Waals surface area contributed by atoms with Crippen LogP contribution in [-0.2, 0) is 16.1 Å². The molecule has 1 aromatic carbocycles. The standard InChI is InChI=1S/C27H38N4O4/c1-21-3-8-26(16-29-21)35-20-23-15-24(19-31(18-23)17-22-4-6-25(32)7-5-22)27(33)28-9-2-10-30-11-13-34-14-12-30/h3-8,16,23-24,32H,2,9-15,17-20H2,1H3,(H,28,33)/t23-,24+/m0/s1. The average molecular weight is 483 g/mol. The quantitative estimate of drug-likeness (QED) is 0.503. The lowest BCUT2D eigenvalue weighted by molar-refractivity contribution is -0.127. The summed E-state index contributed by atoms with van der Waals surface area (Å²) in [6.07, 6.45) is 3.51. The maximum atomic E-state index is 13.1. The van der Waals surface area contributed by atoms with Crippen LogP contribution in [0.25, 0.3) is 0 Å². The Bertz CT molecular complexity index is 916. The van der Waals surface area contributed by atoms with E-state index < -0.39 is 0 Å². The van der Waals surface area contributed by atoms with Gasteiger partial charge >= 0.3 is 0 Å². The van der Waals surface area contributed by atoms with Crippen LogP contribution < -0.4 is 10.1 Å². The predicted octanol–water partition coefficient (Wildman–Crippen LogP) is 2.45. The van der Waals surface area contributed by atoms with E-state index in [1.165, 1.54) is 0 Å². The van der Waals surface area contributed by atoms with E-state index in [2.05, 4.69) is 20.1 Å². The second-order valence-corrected chi connectivity index (χ2v) is 9.70. The van der Waals surface area contributed by atoms with Gasteiger partial charge in [0.2, 0.25) is 5.91 Å². The number of morpholine rings is 1. The number of amides is 1. The van der Waals surface area contributed by atoms with Gasteiger partial charge in [-0.25, -0.2) is 0 Å². The number of carbonyl (C=O) groups excluding carboxylic acids is 1. The minimum absolute atomic E-state index is 0.0750. The van der Waals surface area contributed by atoms with Crippen molar-refractivity contribution in [3.05, 3.63) is 53.9 Å². The molecule has 1 amide bonds. The molecule has 8 heteroatoms. The summed E-state index contributed by atoms with van der Waals surface area (Å²) >= 11 is 0. The molecule has 0 aliphatic carbocycles. The molecule has 2 aliphatic heterocycles. The fourth-order valence-electron chi connectivity index (χ4n) is 4.84. The van der Waals surface area contributed by atoms with Crippen molar-refractivity contribution in [1.82, 2.24) is 20.1 Å². The summed E-state index contributed by atoms with van der Waals surface area (Å²) in [7, 11) is 0. The zero-order valence-corrected chi connectivity index (χ0v) is 20.7. The van der Waals surface area contributed by atoms with Gasteiger partial charge in [-0.15, -0.1) is 0 Å². The molecule has 190 valence electrons. The Morgan fingerprint density at radius 1 is 1.14 bits per heavy atom. The van der Waals surface area contributed by atoms with Crippen LogP contribution in [0.5, 0.6) is 11.5 Å². The molecule has 0 saturated carbocycles. The molecular weight excluding hydrogens is 444 g/mol. The highest BCUT2D eigenvalue weighted by Crippen LogP contribution is 2.25. The van der Waals surface area contributed by atoms with Crippen molar-refractivity contribution >= 4 is 5.91 Å². The van der Waals surface area contributed by atoms with Crippen molar-refractivity contribution in [2.45, 2.75) is 26.3 Å². The smallest absolute Gasteiger partial charge is 0.224 e. The Hall–Kier alpha value is -2.68. The Morgan fingerprint density at radius 2 is 1.94 bits per heavy atom. The number of ether oxygens (including phenoxy) is 2. The highest BCUT2D eigenvalue weighted by molar-refractivity contribution is 5.79. The van der Waals surface area contributed by atoms with E-state index >= 15 is 0 Å². The van der Waals surface area contributed by atoms with Gasteiger partial charge in [0.05, 0.1) is 31.9 Å². The van der Waals surface area contributed by atoms with Crippen molar-refractivity contribution in [2.75, 3.05) is 59.1 Å². The molecule has 0 bridgehead atoms. The van der Waals surface area contributed by atoms with E-state index in [4.69, 9.17) is 9.47 Å². The number of nitrogens with one attached hydrogen (secondary N) is 1. The number of pyridine rings is 1. The number of aromatic hydroxyl groups is 1. The van der Waals surface area contributed by atoms with Gasteiger partial charge in [0.15, 0.2) is 0 Å². The van der Waals surface area contributed by atoms with E-state index in [-0.39, 0.29) is 23.5 Å². The molecule has 35 heavy (non-hydrogen) atoms. The number of aromatic nitrogens is 1. The van der Waals surface area contributed by atoms with Gasteiger partial charge < -0.3 is 19.9 Å². The number of likely N-dealkylation sites (tertiary alicyclic amines) is 1. The number of phenolic OH excluding ortho intramolecular Hbond substituents is 1. The molecule has 2 aromatic rings. The zero-order valence-electron chi connectivity index (χ0n) is 20.7. The lowest BCUT2D eigenvalue weighted by Crippen LogP contribution is -2.47. The minimum atomic E-state index is -0.0750. The lowest BCUT2D eigenvalue weighted by Gasteiger charge is -2.37. The topological polar surface area (TPSA) is 87.2 Å². The number of phenols is 1. The molecular formula is C27H38N4O4. The SMILES string of the molecule is Cc1ccc(OC[C@H]2C[C@@H](C(=O)NCCCN3CCOCC3)CN(Cc3ccc(O)cc3)C2)cn1. The number of hydrogen-bond acceptors (Lipinski definition) is 7. The van der Waals surface area contributed by atoms with Gasteiger partial charge in [0, 0.05) is 50.9 Å². The van der Waals surface area contributed by atoms with Gasteiger partial charge in [-0.1, -0.05) is 12.1 Å². The van der Waals surface area contributed by atoms with E-state index in [0.717, 1.165) is 82.3 Å². The van der Waals surface area contributed by atoms with Gasteiger partial charge in [0.1, 0.15) is 11.5 Å². The number of piperidine rings is 1. The summed E-state index contributed by atoms with van der Waals surface area (Å²) in [5, 5.41) is 12.8. The van der Waals surface area contributed by atoms with Crippen LogP contribution in [0.2, 0.25) is 0 Å². The molecule has 2 fully saturated rings. The molecule has 2 saturated heterocycles. The largest absolute Gasteiger partial charge is 0.508 e. The second kappa shape index (κ2) is 12.9. The van der Waals surface area contributed by atoms with Crippen molar-refractivity contribution in [3.63, 3.8) is 0 Å². The minimum Gasteiger partial charge on any atom is -0.508 e. The Morgan fingerprint density at radius 3 is 2.69 bits per heavy atom. The summed E-state index contributed by atoms with van der Waals surface area (Å²) in [4.78, 5) is 22.1. The molecule has 0 spiro atoms. The molecule has 8 nitrogen and oxygen atoms in total. The molecule has 2 aliphatic rings. The second-order valence-electron chi connectivity index (χ2n) is 9.70. The fourth-order valence-corrected chi connectivity index (χ4v) is 4.84. The monoisotopic (exact) mass is 482 g/mol. The summed E-state index contributed by atoms with van der Waals surface area (Å²) in [6, 6.07) is 11.2. The van der Waals surface area contributed by atoms with Crippen LogP contribution in [0, 0.1) is 18.8 Å². The number of benzene rings is 1. The van der Waals surface area contributed by atoms with E-state index in [1.54, 1.807) is 18.3 Å². The molecule has 3 heterocycles. The summed E-state index contributed by atoms with van der Waals surface area (Å²) in [6.45, 7) is 10.1.